The highest BCUT2D eigenvalue weighted by atomic mass is 16.8. The summed E-state index contributed by atoms with van der Waals surface area (Å²) in [5.74, 6) is -0.331. The lowest BCUT2D eigenvalue weighted by Gasteiger charge is -2.48. The molecule has 0 radical (unpaired) electrons. The number of unbranched alkanes of at least 4 members (excludes halogenated alkanes) is 5. The molecule has 0 aromatic heterocycles. The number of hydrogen-bond acceptors (Lipinski definition) is 18. The van der Waals surface area contributed by atoms with Crippen LogP contribution in [0.15, 0.2) is 97.2 Å². The molecule has 0 bridgehead atoms. The van der Waals surface area contributed by atoms with Crippen molar-refractivity contribution >= 4 is 5.91 Å². The van der Waals surface area contributed by atoms with Crippen molar-refractivity contribution in [3.05, 3.63) is 97.2 Å². The van der Waals surface area contributed by atoms with Crippen LogP contribution in [0.3, 0.4) is 0 Å². The summed E-state index contributed by atoms with van der Waals surface area (Å²) >= 11 is 0. The number of nitrogens with one attached hydrogen (secondary N) is 1. The first kappa shape index (κ1) is 64.0. The van der Waals surface area contributed by atoms with Gasteiger partial charge in [-0.1, -0.05) is 111 Å². The number of hydrogen-bond donors (Lipinski definition) is 12. The van der Waals surface area contributed by atoms with Gasteiger partial charge in [-0.25, -0.2) is 0 Å². The summed E-state index contributed by atoms with van der Waals surface area (Å²) in [4.78, 5) is 13.2. The maximum Gasteiger partial charge on any atom is 0.220 e. The van der Waals surface area contributed by atoms with Crippen molar-refractivity contribution in [3.63, 3.8) is 0 Å². The molecule has 17 unspecified atom stereocenters. The molecule has 19 nitrogen and oxygen atoms in total. The van der Waals surface area contributed by atoms with Crippen LogP contribution in [0, 0.1) is 0 Å². The molecule has 0 aliphatic carbocycles. The molecule has 3 saturated heterocycles. The molecule has 3 aliphatic heterocycles. The topological polar surface area (TPSA) is 307 Å². The Bertz CT molecular complexity index is 1720. The zero-order valence-electron chi connectivity index (χ0n) is 42.6. The zero-order valence-corrected chi connectivity index (χ0v) is 42.6. The molecular weight excluding hydrogens is 951 g/mol. The standard InChI is InChI=1S/C54H87NO18/c1-3-5-7-9-11-13-14-15-16-17-18-19-20-21-22-24-26-28-30-32-42(60)55-37(38(59)31-29-27-25-23-12-10-8-6-4-2)36-68-52-48(66)45(63)50(40(34-57)70-52)73-54-49(67)46(64)51(41(35-58)71-54)72-53-47(65)44(62)43(61)39(33-56)69-53/h4-7,11-13,15-16,18-19,21-23,29,31,37-41,43-54,56-59,61-67H,3,8-10,14,17,20,24-28,30,32-36H2,1-2H3,(H,55,60)/b6-4+,7-5-,13-11-,16-15-,19-18-,22-21-,23-12+,31-29+. The third-order valence-corrected chi connectivity index (χ3v) is 12.4. The van der Waals surface area contributed by atoms with Crippen LogP contribution in [0.2, 0.25) is 0 Å². The largest absolute Gasteiger partial charge is 0.394 e. The van der Waals surface area contributed by atoms with Gasteiger partial charge in [-0.05, 0) is 84.0 Å². The number of rotatable bonds is 34. The average Bonchev–Trinajstić information content (AvgIpc) is 3.39. The summed E-state index contributed by atoms with van der Waals surface area (Å²) in [7, 11) is 0. The smallest absolute Gasteiger partial charge is 0.220 e. The van der Waals surface area contributed by atoms with Crippen molar-refractivity contribution < 1.29 is 89.4 Å². The summed E-state index contributed by atoms with van der Waals surface area (Å²) in [5, 5.41) is 119. The molecule has 0 saturated carbocycles. The summed E-state index contributed by atoms with van der Waals surface area (Å²) in [6, 6.07) is -1.02. The van der Waals surface area contributed by atoms with Gasteiger partial charge in [-0.3, -0.25) is 4.79 Å². The third-order valence-electron chi connectivity index (χ3n) is 12.4. The van der Waals surface area contributed by atoms with E-state index in [1.54, 1.807) is 12.2 Å². The summed E-state index contributed by atoms with van der Waals surface area (Å²) in [5.41, 5.74) is 0. The van der Waals surface area contributed by atoms with E-state index in [0.717, 1.165) is 70.6 Å². The lowest BCUT2D eigenvalue weighted by Crippen LogP contribution is -2.66. The van der Waals surface area contributed by atoms with Crippen LogP contribution >= 0.6 is 0 Å². The van der Waals surface area contributed by atoms with Crippen LogP contribution in [-0.4, -0.2) is 193 Å². The number of ether oxygens (including phenoxy) is 6. The Kier molecular flexibility index (Phi) is 32.8. The van der Waals surface area contributed by atoms with Gasteiger partial charge < -0.3 is 89.9 Å². The van der Waals surface area contributed by atoms with Gasteiger partial charge in [0.15, 0.2) is 18.9 Å². The van der Waals surface area contributed by atoms with Gasteiger partial charge in [0.2, 0.25) is 5.91 Å². The van der Waals surface area contributed by atoms with E-state index in [4.69, 9.17) is 28.4 Å². The van der Waals surface area contributed by atoms with Crippen molar-refractivity contribution in [2.24, 2.45) is 0 Å². The van der Waals surface area contributed by atoms with Crippen molar-refractivity contribution in [1.82, 2.24) is 5.32 Å². The molecule has 0 aromatic rings. The first-order chi connectivity index (χ1) is 35.3. The van der Waals surface area contributed by atoms with Crippen LogP contribution in [0.1, 0.15) is 104 Å². The molecule has 416 valence electrons. The van der Waals surface area contributed by atoms with E-state index in [-0.39, 0.29) is 12.3 Å². The number of carbonyl (C=O) groups excluding carboxylic acids is 1. The zero-order chi connectivity index (χ0) is 53.4. The fourth-order valence-corrected chi connectivity index (χ4v) is 8.13. The molecule has 0 aromatic carbocycles. The predicted octanol–water partition coefficient (Wildman–Crippen LogP) is 2.25. The second-order valence-electron chi connectivity index (χ2n) is 18.2. The Balaban J connectivity index is 1.54. The highest BCUT2D eigenvalue weighted by molar-refractivity contribution is 5.76. The molecule has 0 spiro atoms. The molecular formula is C54H87NO18. The fraction of sp³-hybridized carbons (Fsp3) is 0.685. The quantitative estimate of drug-likeness (QED) is 0.0325. The van der Waals surface area contributed by atoms with Crippen molar-refractivity contribution in [2.45, 2.75) is 208 Å². The van der Waals surface area contributed by atoms with E-state index in [9.17, 15) is 61.0 Å². The van der Waals surface area contributed by atoms with Crippen LogP contribution in [0.25, 0.3) is 0 Å². The van der Waals surface area contributed by atoms with Crippen molar-refractivity contribution in [3.8, 4) is 0 Å². The SMILES string of the molecule is C/C=C/CC/C=C/CC/C=C/C(O)C(COC1OC(CO)C(OC2OC(CO)C(OC3OC(CO)C(O)C(O)C3O)C(O)C2O)C(O)C1O)NC(=O)CCCCC/C=C\C/C=C\C/C=C\C/C=C\C/C=C\CC. The van der Waals surface area contributed by atoms with Crippen LogP contribution in [0.4, 0.5) is 0 Å². The number of allylic oxidation sites excluding steroid dienone is 15. The van der Waals surface area contributed by atoms with E-state index < -0.39 is 131 Å². The van der Waals surface area contributed by atoms with Crippen LogP contribution in [0.5, 0.6) is 0 Å². The molecule has 17 atom stereocenters. The molecule has 3 aliphatic rings. The highest BCUT2D eigenvalue weighted by Crippen LogP contribution is 2.33. The summed E-state index contributed by atoms with van der Waals surface area (Å²) in [6.45, 7) is 1.25. The third kappa shape index (κ3) is 22.8. The van der Waals surface area contributed by atoms with E-state index in [1.807, 2.05) is 13.0 Å². The first-order valence-electron chi connectivity index (χ1n) is 26.0. The molecule has 3 heterocycles. The molecule has 12 N–H and O–H groups in total. The lowest BCUT2D eigenvalue weighted by atomic mass is 9.96. The van der Waals surface area contributed by atoms with Gasteiger partial charge in [0.25, 0.3) is 0 Å². The number of amides is 1. The second kappa shape index (κ2) is 37.5. The Morgan fingerprint density at radius 3 is 1.51 bits per heavy atom. The predicted molar refractivity (Wildman–Crippen MR) is 272 cm³/mol. The minimum atomic E-state index is -1.99. The highest BCUT2D eigenvalue weighted by Gasteiger charge is 2.53. The monoisotopic (exact) mass is 1040 g/mol. The first-order valence-corrected chi connectivity index (χ1v) is 26.0. The van der Waals surface area contributed by atoms with Gasteiger partial charge >= 0.3 is 0 Å². The minimum Gasteiger partial charge on any atom is -0.394 e. The maximum absolute atomic E-state index is 13.2. The van der Waals surface area contributed by atoms with Crippen molar-refractivity contribution in [2.75, 3.05) is 26.4 Å². The molecule has 19 heteroatoms. The van der Waals surface area contributed by atoms with Gasteiger partial charge in [-0.15, -0.1) is 0 Å². The number of aliphatic hydroxyl groups excluding tert-OH is 11. The lowest BCUT2D eigenvalue weighted by molar-refractivity contribution is -0.379. The summed E-state index contributed by atoms with van der Waals surface area (Å²) < 4.78 is 34.0. The second-order valence-corrected chi connectivity index (χ2v) is 18.2. The van der Waals surface area contributed by atoms with Gasteiger partial charge in [0.05, 0.1) is 38.6 Å². The normalized spacial score (nSPS) is 32.5. The van der Waals surface area contributed by atoms with E-state index >= 15 is 0 Å². The Morgan fingerprint density at radius 1 is 0.521 bits per heavy atom. The van der Waals surface area contributed by atoms with Crippen LogP contribution in [-0.2, 0) is 33.2 Å². The maximum atomic E-state index is 13.2. The number of aliphatic hydroxyl groups is 11. The number of carbonyl (C=O) groups is 1. The average molecular weight is 1040 g/mol. The molecule has 1 amide bonds. The van der Waals surface area contributed by atoms with Crippen LogP contribution < -0.4 is 5.32 Å². The summed E-state index contributed by atoms with van der Waals surface area (Å²) in [6.07, 6.45) is 17.3. The minimum absolute atomic E-state index is 0.186. The molecule has 73 heavy (non-hydrogen) atoms. The van der Waals surface area contributed by atoms with E-state index in [2.05, 4.69) is 91.2 Å². The molecule has 3 rings (SSSR count). The van der Waals surface area contributed by atoms with E-state index in [1.165, 1.54) is 0 Å². The van der Waals surface area contributed by atoms with E-state index in [0.29, 0.717) is 12.8 Å². The Morgan fingerprint density at radius 2 is 0.973 bits per heavy atom. The van der Waals surface area contributed by atoms with Gasteiger partial charge in [-0.2, -0.15) is 0 Å². The molecule has 3 fully saturated rings. The van der Waals surface area contributed by atoms with Crippen molar-refractivity contribution in [1.29, 1.82) is 0 Å². The fourth-order valence-electron chi connectivity index (χ4n) is 8.13. The Hall–Kier alpha value is -3.29. The Labute approximate surface area is 431 Å². The van der Waals surface area contributed by atoms with Gasteiger partial charge in [0, 0.05) is 6.42 Å². The van der Waals surface area contributed by atoms with Gasteiger partial charge in [0.1, 0.15) is 73.2 Å².